The first-order valence-electron chi connectivity index (χ1n) is 11.5. The van der Waals surface area contributed by atoms with Crippen LogP contribution < -0.4 is 21.7 Å². The summed E-state index contributed by atoms with van der Waals surface area (Å²) in [6.07, 6.45) is 0. The first kappa shape index (κ1) is 29.4. The van der Waals surface area contributed by atoms with E-state index in [1.807, 2.05) is 94.2 Å². The van der Waals surface area contributed by atoms with Crippen molar-refractivity contribution in [3.8, 4) is 0 Å². The van der Waals surface area contributed by atoms with Gasteiger partial charge in [-0.05, 0) is 60.7 Å². The van der Waals surface area contributed by atoms with Crippen molar-refractivity contribution in [2.75, 3.05) is 21.2 Å². The molecule has 2 aliphatic heterocycles. The van der Waals surface area contributed by atoms with E-state index in [0.29, 0.717) is 9.45 Å². The van der Waals surface area contributed by atoms with Crippen LogP contribution in [0.25, 0.3) is 0 Å². The smallest absolute Gasteiger partial charge is 0.237 e. The molecule has 0 unspecified atom stereocenters. The van der Waals surface area contributed by atoms with Crippen molar-refractivity contribution >= 4 is 104 Å². The Balaban J connectivity index is 0.000000158. The third kappa shape index (κ3) is 7.76. The third-order valence-electron chi connectivity index (χ3n) is 5.35. The lowest BCUT2D eigenvalue weighted by atomic mass is 10.2. The van der Waals surface area contributed by atoms with Gasteiger partial charge in [0.15, 0.2) is 0 Å². The summed E-state index contributed by atoms with van der Waals surface area (Å²) in [5, 5.41) is 4.79. The molecule has 0 saturated carbocycles. The number of anilines is 4. The molecule has 39 heavy (non-hydrogen) atoms. The highest BCUT2D eigenvalue weighted by Crippen LogP contribution is 2.48. The minimum absolute atomic E-state index is 0.144. The number of alkyl halides is 1. The summed E-state index contributed by atoms with van der Waals surface area (Å²) in [6.45, 7) is 0.144. The fourth-order valence-corrected chi connectivity index (χ4v) is 6.12. The van der Waals surface area contributed by atoms with Crippen LogP contribution >= 0.6 is 69.3 Å². The van der Waals surface area contributed by atoms with Gasteiger partial charge in [-0.25, -0.2) is 0 Å². The van der Waals surface area contributed by atoms with Crippen molar-refractivity contribution in [1.82, 2.24) is 0 Å². The van der Waals surface area contributed by atoms with Gasteiger partial charge in [-0.3, -0.25) is 9.59 Å². The van der Waals surface area contributed by atoms with E-state index in [2.05, 4.69) is 29.2 Å². The number of carbonyl (C=O) groups is 2. The quantitative estimate of drug-likeness (QED) is 0.130. The molecular formula is C28H23Cl2IN4O2S2. The SMILES string of the molecule is Clc1ccc2c(c1)Nc1ccccc1S2.NC(=O)CI.NC(=O)CN1c2ccccc2Sc2ccc(Cl)cc21. The number of nitrogens with zero attached hydrogens (tertiary/aromatic N) is 1. The van der Waals surface area contributed by atoms with Gasteiger partial charge >= 0.3 is 0 Å². The molecule has 0 spiro atoms. The number of primary amides is 2. The molecule has 11 heteroatoms. The van der Waals surface area contributed by atoms with Crippen LogP contribution in [0.4, 0.5) is 22.7 Å². The minimum Gasteiger partial charge on any atom is -0.369 e. The van der Waals surface area contributed by atoms with E-state index in [0.717, 1.165) is 37.6 Å². The molecule has 2 aliphatic rings. The summed E-state index contributed by atoms with van der Waals surface area (Å²) in [4.78, 5) is 27.5. The van der Waals surface area contributed by atoms with Gasteiger partial charge < -0.3 is 21.7 Å². The second-order valence-electron chi connectivity index (χ2n) is 8.20. The van der Waals surface area contributed by atoms with Crippen molar-refractivity contribution in [2.45, 2.75) is 19.6 Å². The Hall–Kier alpha value is -2.57. The number of nitrogens with two attached hydrogens (primary N) is 2. The number of amides is 2. The van der Waals surface area contributed by atoms with Crippen LogP contribution in [-0.4, -0.2) is 22.8 Å². The van der Waals surface area contributed by atoms with Crippen LogP contribution in [0.3, 0.4) is 0 Å². The molecule has 0 aliphatic carbocycles. The molecule has 6 rings (SSSR count). The number of hydrogen-bond donors (Lipinski definition) is 3. The normalized spacial score (nSPS) is 12.0. The summed E-state index contributed by atoms with van der Waals surface area (Å²) in [5.74, 6) is -0.627. The highest BCUT2D eigenvalue weighted by atomic mass is 127. The number of nitrogens with one attached hydrogen (secondary N) is 1. The number of rotatable bonds is 3. The zero-order chi connectivity index (χ0) is 27.9. The zero-order valence-corrected chi connectivity index (χ0v) is 25.7. The Kier molecular flexibility index (Phi) is 10.3. The maximum atomic E-state index is 11.3. The van der Waals surface area contributed by atoms with Gasteiger partial charge in [0.2, 0.25) is 11.8 Å². The van der Waals surface area contributed by atoms with Crippen LogP contribution in [0.5, 0.6) is 0 Å². The van der Waals surface area contributed by atoms with E-state index in [4.69, 9.17) is 28.9 Å². The number of halogens is 3. The van der Waals surface area contributed by atoms with Gasteiger partial charge in [0, 0.05) is 29.6 Å². The molecule has 0 bridgehead atoms. The van der Waals surface area contributed by atoms with E-state index in [9.17, 15) is 9.59 Å². The topological polar surface area (TPSA) is 101 Å². The second kappa shape index (κ2) is 13.7. The van der Waals surface area contributed by atoms with Crippen molar-refractivity contribution < 1.29 is 9.59 Å². The monoisotopic (exact) mass is 708 g/mol. The Morgan fingerprint density at radius 2 is 1.26 bits per heavy atom. The average molecular weight is 709 g/mol. The molecule has 4 aromatic rings. The van der Waals surface area contributed by atoms with Gasteiger partial charge in [-0.1, -0.05) is 93.6 Å². The van der Waals surface area contributed by atoms with Crippen molar-refractivity contribution in [2.24, 2.45) is 11.5 Å². The Bertz CT molecular complexity index is 1520. The van der Waals surface area contributed by atoms with Crippen LogP contribution in [0.15, 0.2) is 105 Å². The number of para-hydroxylation sites is 2. The first-order valence-corrected chi connectivity index (χ1v) is 15.5. The molecular weight excluding hydrogens is 686 g/mol. The third-order valence-corrected chi connectivity index (χ3v) is 8.86. The van der Waals surface area contributed by atoms with Crippen LogP contribution in [0.1, 0.15) is 0 Å². The Labute approximate surface area is 258 Å². The number of hydrogen-bond acceptors (Lipinski definition) is 6. The molecule has 200 valence electrons. The standard InChI is InChI=1S/C14H11ClN2OS.C12H8ClNS.C2H4INO/c15-9-5-6-13-11(7-9)17(8-14(16)18)10-3-1-2-4-12(10)19-13;13-8-5-6-12-10(7-8)14-9-3-1-2-4-11(9)15-12;3-1-2(4)5/h1-7H,8H2,(H2,16,18);1-7,14H;1H2,(H2,4,5). The van der Waals surface area contributed by atoms with Gasteiger partial charge in [0.25, 0.3) is 0 Å². The summed E-state index contributed by atoms with van der Waals surface area (Å²) < 4.78 is 0.414. The molecule has 0 saturated heterocycles. The van der Waals surface area contributed by atoms with E-state index in [-0.39, 0.29) is 18.4 Å². The summed E-state index contributed by atoms with van der Waals surface area (Å²) in [5.41, 5.74) is 14.2. The van der Waals surface area contributed by atoms with E-state index in [1.165, 1.54) is 9.79 Å². The fraction of sp³-hybridized carbons (Fsp3) is 0.0714. The first-order chi connectivity index (χ1) is 18.7. The van der Waals surface area contributed by atoms with Gasteiger partial charge in [0.05, 0.1) is 27.2 Å². The zero-order valence-electron chi connectivity index (χ0n) is 20.4. The highest BCUT2D eigenvalue weighted by Gasteiger charge is 2.24. The lowest BCUT2D eigenvalue weighted by Gasteiger charge is -2.31. The van der Waals surface area contributed by atoms with E-state index in [1.54, 1.807) is 23.5 Å². The molecule has 0 fully saturated rings. The minimum atomic E-state index is -0.368. The predicted molar refractivity (Wildman–Crippen MR) is 172 cm³/mol. The van der Waals surface area contributed by atoms with Gasteiger partial charge in [-0.2, -0.15) is 0 Å². The molecule has 2 amide bonds. The van der Waals surface area contributed by atoms with Crippen LogP contribution in [0.2, 0.25) is 10.0 Å². The molecule has 0 atom stereocenters. The molecule has 6 nitrogen and oxygen atoms in total. The lowest BCUT2D eigenvalue weighted by molar-refractivity contribution is -0.117. The maximum Gasteiger partial charge on any atom is 0.237 e. The highest BCUT2D eigenvalue weighted by molar-refractivity contribution is 14.1. The molecule has 2 heterocycles. The van der Waals surface area contributed by atoms with Gasteiger partial charge in [-0.15, -0.1) is 0 Å². The van der Waals surface area contributed by atoms with E-state index >= 15 is 0 Å². The average Bonchev–Trinajstić information content (AvgIpc) is 2.92. The van der Waals surface area contributed by atoms with Crippen LogP contribution in [-0.2, 0) is 9.59 Å². The molecule has 0 aromatic heterocycles. The molecule has 5 N–H and O–H groups in total. The number of carbonyl (C=O) groups excluding carboxylic acids is 2. The second-order valence-corrected chi connectivity index (χ2v) is 12.0. The predicted octanol–water partition coefficient (Wildman–Crippen LogP) is 7.88. The van der Waals surface area contributed by atoms with Crippen LogP contribution in [0, 0.1) is 0 Å². The fourth-order valence-electron chi connectivity index (χ4n) is 3.74. The summed E-state index contributed by atoms with van der Waals surface area (Å²) in [6, 6.07) is 27.8. The Morgan fingerprint density at radius 3 is 1.95 bits per heavy atom. The number of fused-ring (bicyclic) bond motifs is 4. The maximum absolute atomic E-state index is 11.3. The van der Waals surface area contributed by atoms with E-state index < -0.39 is 0 Å². The largest absolute Gasteiger partial charge is 0.369 e. The number of benzene rings is 4. The molecule has 4 aromatic carbocycles. The summed E-state index contributed by atoms with van der Waals surface area (Å²) in [7, 11) is 0. The Morgan fingerprint density at radius 1 is 0.718 bits per heavy atom. The lowest BCUT2D eigenvalue weighted by Crippen LogP contribution is -2.31. The van der Waals surface area contributed by atoms with Gasteiger partial charge in [0.1, 0.15) is 6.54 Å². The van der Waals surface area contributed by atoms with Crippen molar-refractivity contribution in [3.05, 3.63) is 95.0 Å². The molecule has 0 radical (unpaired) electrons. The summed E-state index contributed by atoms with van der Waals surface area (Å²) >= 11 is 17.4. The van der Waals surface area contributed by atoms with Crippen molar-refractivity contribution in [1.29, 1.82) is 0 Å². The van der Waals surface area contributed by atoms with Crippen molar-refractivity contribution in [3.63, 3.8) is 0 Å².